The van der Waals surface area contributed by atoms with Gasteiger partial charge in [0, 0.05) is 0 Å². The number of alkyl halides is 3. The summed E-state index contributed by atoms with van der Waals surface area (Å²) in [5.41, 5.74) is 7.41. The van der Waals surface area contributed by atoms with Gasteiger partial charge in [-0.3, -0.25) is 4.79 Å². The lowest BCUT2D eigenvalue weighted by atomic mass is 10.2. The van der Waals surface area contributed by atoms with Crippen molar-refractivity contribution >= 4 is 17.3 Å². The van der Waals surface area contributed by atoms with Crippen molar-refractivity contribution < 1.29 is 22.7 Å². The van der Waals surface area contributed by atoms with Gasteiger partial charge in [0.1, 0.15) is 6.61 Å². The zero-order valence-electron chi connectivity index (χ0n) is 10.4. The second-order valence-corrected chi connectivity index (χ2v) is 4.06. The van der Waals surface area contributed by atoms with Gasteiger partial charge in [-0.1, -0.05) is 6.07 Å². The van der Waals surface area contributed by atoms with Crippen molar-refractivity contribution in [3.05, 3.63) is 23.8 Å². The third-order valence-corrected chi connectivity index (χ3v) is 2.22. The maximum Gasteiger partial charge on any atom is 0.411 e. The van der Waals surface area contributed by atoms with Crippen LogP contribution >= 0.6 is 0 Å². The number of nitrogens with two attached hydrogens (primary N) is 1. The van der Waals surface area contributed by atoms with E-state index >= 15 is 0 Å². The monoisotopic (exact) mass is 276 g/mol. The number of aryl methyl sites for hydroxylation is 1. The van der Waals surface area contributed by atoms with E-state index < -0.39 is 18.7 Å². The van der Waals surface area contributed by atoms with Crippen LogP contribution in [0.25, 0.3) is 0 Å². The van der Waals surface area contributed by atoms with Crippen LogP contribution in [0.5, 0.6) is 0 Å². The van der Waals surface area contributed by atoms with Crippen LogP contribution in [0, 0.1) is 6.92 Å². The van der Waals surface area contributed by atoms with Crippen molar-refractivity contribution in [2.45, 2.75) is 19.5 Å². The quantitative estimate of drug-likeness (QED) is 0.641. The second kappa shape index (κ2) is 6.42. The maximum atomic E-state index is 11.8. The van der Waals surface area contributed by atoms with Crippen LogP contribution < -0.4 is 11.1 Å². The van der Waals surface area contributed by atoms with Gasteiger partial charge in [0.15, 0.2) is 0 Å². The normalized spacial score (nSPS) is 11.4. The molecule has 1 aromatic carbocycles. The molecule has 0 aromatic heterocycles. The number of benzene rings is 1. The molecular formula is C12H15F3N2O2. The number of hydrogen-bond acceptors (Lipinski definition) is 3. The highest BCUT2D eigenvalue weighted by molar-refractivity contribution is 5.93. The first-order valence-corrected chi connectivity index (χ1v) is 5.58. The highest BCUT2D eigenvalue weighted by Crippen LogP contribution is 2.19. The van der Waals surface area contributed by atoms with E-state index in [-0.39, 0.29) is 13.0 Å². The first-order chi connectivity index (χ1) is 8.78. The minimum atomic E-state index is -4.38. The van der Waals surface area contributed by atoms with Crippen molar-refractivity contribution in [1.82, 2.24) is 0 Å². The molecule has 4 nitrogen and oxygen atoms in total. The van der Waals surface area contributed by atoms with Gasteiger partial charge < -0.3 is 15.8 Å². The van der Waals surface area contributed by atoms with Crippen molar-refractivity contribution in [3.63, 3.8) is 0 Å². The maximum absolute atomic E-state index is 11.8. The van der Waals surface area contributed by atoms with Crippen LogP contribution in [0.15, 0.2) is 18.2 Å². The highest BCUT2D eigenvalue weighted by atomic mass is 19.4. The average Bonchev–Trinajstić information content (AvgIpc) is 2.28. The predicted octanol–water partition coefficient (Wildman–Crippen LogP) is 2.48. The first-order valence-electron chi connectivity index (χ1n) is 5.58. The Bertz CT molecular complexity index is 447. The summed E-state index contributed by atoms with van der Waals surface area (Å²) in [6.45, 7) is 0.186. The molecule has 19 heavy (non-hydrogen) atoms. The summed E-state index contributed by atoms with van der Waals surface area (Å²) in [4.78, 5) is 11.5. The summed E-state index contributed by atoms with van der Waals surface area (Å²) in [7, 11) is 0. The van der Waals surface area contributed by atoms with Gasteiger partial charge in [0.2, 0.25) is 5.91 Å². The molecule has 0 aliphatic rings. The largest absolute Gasteiger partial charge is 0.411 e. The van der Waals surface area contributed by atoms with Crippen molar-refractivity contribution in [1.29, 1.82) is 0 Å². The fourth-order valence-electron chi connectivity index (χ4n) is 1.34. The zero-order valence-corrected chi connectivity index (χ0v) is 10.4. The lowest BCUT2D eigenvalue weighted by Crippen LogP contribution is -2.20. The molecule has 106 valence electrons. The Morgan fingerprint density at radius 1 is 1.42 bits per heavy atom. The van der Waals surface area contributed by atoms with Gasteiger partial charge in [-0.05, 0) is 24.6 Å². The van der Waals surface area contributed by atoms with Gasteiger partial charge in [-0.25, -0.2) is 0 Å². The third-order valence-electron chi connectivity index (χ3n) is 2.22. The van der Waals surface area contributed by atoms with E-state index in [9.17, 15) is 18.0 Å². The number of carbonyl (C=O) groups excluding carboxylic acids is 1. The Morgan fingerprint density at radius 2 is 2.11 bits per heavy atom. The lowest BCUT2D eigenvalue weighted by Gasteiger charge is -2.10. The molecule has 0 heterocycles. The molecule has 0 aliphatic carbocycles. The fraction of sp³-hybridized carbons (Fsp3) is 0.417. The Hall–Kier alpha value is -1.76. The molecule has 7 heteroatoms. The molecule has 0 atom stereocenters. The van der Waals surface area contributed by atoms with Crippen LogP contribution in [-0.4, -0.2) is 25.3 Å². The third kappa shape index (κ3) is 6.10. The molecule has 0 fully saturated rings. The van der Waals surface area contributed by atoms with E-state index in [0.29, 0.717) is 11.4 Å². The summed E-state index contributed by atoms with van der Waals surface area (Å²) < 4.78 is 39.7. The Kier molecular flexibility index (Phi) is 5.17. The topological polar surface area (TPSA) is 64.3 Å². The van der Waals surface area contributed by atoms with E-state index in [1.54, 1.807) is 18.2 Å². The molecule has 1 rings (SSSR count). The predicted molar refractivity (Wildman–Crippen MR) is 65.7 cm³/mol. The van der Waals surface area contributed by atoms with Gasteiger partial charge in [-0.2, -0.15) is 13.2 Å². The molecule has 0 spiro atoms. The standard InChI is InChI=1S/C12H15F3N2O2/c1-8-2-3-9(16)10(6-8)17-11(18)4-5-19-7-12(13,14)15/h2-3,6H,4-5,7,16H2,1H3,(H,17,18). The molecule has 1 aromatic rings. The average molecular weight is 276 g/mol. The Balaban J connectivity index is 2.37. The number of anilines is 2. The van der Waals surface area contributed by atoms with E-state index in [1.807, 2.05) is 6.92 Å². The number of halogens is 3. The minimum absolute atomic E-state index is 0.163. The van der Waals surface area contributed by atoms with Crippen molar-refractivity contribution in [2.75, 3.05) is 24.3 Å². The van der Waals surface area contributed by atoms with E-state index in [1.165, 1.54) is 0 Å². The van der Waals surface area contributed by atoms with Gasteiger partial charge in [-0.15, -0.1) is 0 Å². The summed E-state index contributed by atoms with van der Waals surface area (Å²) in [6, 6.07) is 5.12. The van der Waals surface area contributed by atoms with Crippen LogP contribution in [0.3, 0.4) is 0 Å². The molecule has 0 aliphatic heterocycles. The van der Waals surface area contributed by atoms with E-state index in [2.05, 4.69) is 10.1 Å². The Morgan fingerprint density at radius 3 is 2.74 bits per heavy atom. The smallest absolute Gasteiger partial charge is 0.397 e. The van der Waals surface area contributed by atoms with Crippen LogP contribution in [0.2, 0.25) is 0 Å². The van der Waals surface area contributed by atoms with Crippen LogP contribution in [-0.2, 0) is 9.53 Å². The first kappa shape index (κ1) is 15.3. The number of nitrogens with one attached hydrogen (secondary N) is 1. The highest BCUT2D eigenvalue weighted by Gasteiger charge is 2.27. The molecular weight excluding hydrogens is 261 g/mol. The van der Waals surface area contributed by atoms with Gasteiger partial charge in [0.05, 0.1) is 24.4 Å². The summed E-state index contributed by atoms with van der Waals surface area (Å²) >= 11 is 0. The van der Waals surface area contributed by atoms with Crippen molar-refractivity contribution in [2.24, 2.45) is 0 Å². The summed E-state index contributed by atoms with van der Waals surface area (Å²) in [5.74, 6) is -0.445. The number of amides is 1. The number of ether oxygens (including phenoxy) is 1. The van der Waals surface area contributed by atoms with Crippen LogP contribution in [0.1, 0.15) is 12.0 Å². The van der Waals surface area contributed by atoms with E-state index in [0.717, 1.165) is 5.56 Å². The molecule has 1 amide bonds. The molecule has 0 saturated carbocycles. The van der Waals surface area contributed by atoms with Crippen LogP contribution in [0.4, 0.5) is 24.5 Å². The minimum Gasteiger partial charge on any atom is -0.397 e. The number of rotatable bonds is 5. The fourth-order valence-corrected chi connectivity index (χ4v) is 1.34. The second-order valence-electron chi connectivity index (χ2n) is 4.06. The SMILES string of the molecule is Cc1ccc(N)c(NC(=O)CCOCC(F)(F)F)c1. The van der Waals surface area contributed by atoms with Gasteiger partial charge in [0.25, 0.3) is 0 Å². The number of carbonyl (C=O) groups is 1. The molecule has 0 radical (unpaired) electrons. The molecule has 0 unspecified atom stereocenters. The number of hydrogen-bond donors (Lipinski definition) is 2. The molecule has 0 saturated heterocycles. The summed E-state index contributed by atoms with van der Waals surface area (Å²) in [5, 5.41) is 2.52. The van der Waals surface area contributed by atoms with E-state index in [4.69, 9.17) is 5.73 Å². The molecule has 3 N–H and O–H groups in total. The van der Waals surface area contributed by atoms with Crippen molar-refractivity contribution in [3.8, 4) is 0 Å². The number of nitrogen functional groups attached to an aromatic ring is 1. The zero-order chi connectivity index (χ0) is 14.5. The Labute approximate surface area is 108 Å². The molecule has 0 bridgehead atoms. The summed E-state index contributed by atoms with van der Waals surface area (Å²) in [6.07, 6.45) is -4.54. The lowest BCUT2D eigenvalue weighted by molar-refractivity contribution is -0.174. The van der Waals surface area contributed by atoms with Gasteiger partial charge >= 0.3 is 6.18 Å².